The maximum absolute atomic E-state index is 12.5. The summed E-state index contributed by atoms with van der Waals surface area (Å²) in [5.41, 5.74) is 0. The van der Waals surface area contributed by atoms with Crippen LogP contribution < -0.4 is 14.8 Å². The van der Waals surface area contributed by atoms with Crippen LogP contribution in [0.25, 0.3) is 0 Å². The number of hydrogen-bond acceptors (Lipinski definition) is 8. The third-order valence-corrected chi connectivity index (χ3v) is 4.75. The lowest BCUT2D eigenvalue weighted by Crippen LogP contribution is -2.49. The van der Waals surface area contributed by atoms with E-state index in [0.717, 1.165) is 0 Å². The van der Waals surface area contributed by atoms with Crippen molar-refractivity contribution in [1.82, 2.24) is 10.2 Å². The average molecular weight is 439 g/mol. The predicted molar refractivity (Wildman–Crippen MR) is 114 cm³/mol. The number of morpholine rings is 1. The zero-order valence-electron chi connectivity index (χ0n) is 19.0. The Bertz CT molecular complexity index is 713. The van der Waals surface area contributed by atoms with Crippen molar-refractivity contribution in [1.29, 1.82) is 0 Å². The molecule has 0 saturated carbocycles. The Morgan fingerprint density at radius 3 is 2.45 bits per heavy atom. The standard InChI is InChI=1S/C22H34N2O7/c1-6-27-18-9-7-8-10-19(18)29-14-17-13-24(11-12-28-17)22(26)31-16(4)30-21(25)20(23-5)15(2)3/h7-10,15-17,20,23H,6,11-14H2,1-5H3/t16?,17-,20-/m0/s1. The third-order valence-electron chi connectivity index (χ3n) is 4.75. The molecule has 1 aliphatic heterocycles. The number of amides is 1. The van der Waals surface area contributed by atoms with Gasteiger partial charge in [0.25, 0.3) is 0 Å². The SMILES string of the molecule is CCOc1ccccc1OC[C@@H]1CN(C(=O)OC(C)OC(=O)[C@@H](NC)C(C)C)CCO1. The molecule has 1 N–H and O–H groups in total. The first-order valence-electron chi connectivity index (χ1n) is 10.6. The van der Waals surface area contributed by atoms with E-state index in [2.05, 4.69) is 5.32 Å². The quantitative estimate of drug-likeness (QED) is 0.440. The molecule has 1 aliphatic rings. The van der Waals surface area contributed by atoms with Gasteiger partial charge in [0.2, 0.25) is 6.29 Å². The first-order chi connectivity index (χ1) is 14.8. The van der Waals surface area contributed by atoms with Crippen molar-refractivity contribution >= 4 is 12.1 Å². The van der Waals surface area contributed by atoms with Crippen molar-refractivity contribution in [2.24, 2.45) is 5.92 Å². The number of rotatable bonds is 10. The molecule has 0 bridgehead atoms. The monoisotopic (exact) mass is 438 g/mol. The van der Waals surface area contributed by atoms with Crippen molar-refractivity contribution in [3.05, 3.63) is 24.3 Å². The minimum absolute atomic E-state index is 0.0493. The van der Waals surface area contributed by atoms with Crippen molar-refractivity contribution in [2.45, 2.75) is 46.1 Å². The summed E-state index contributed by atoms with van der Waals surface area (Å²) in [6.07, 6.45) is -1.87. The highest BCUT2D eigenvalue weighted by molar-refractivity contribution is 5.76. The van der Waals surface area contributed by atoms with Crippen LogP contribution in [0.3, 0.4) is 0 Å². The first-order valence-corrected chi connectivity index (χ1v) is 10.6. The molecule has 0 spiro atoms. The normalized spacial score (nSPS) is 18.3. The predicted octanol–water partition coefficient (Wildman–Crippen LogP) is 2.43. The Kier molecular flexibility index (Phi) is 9.87. The van der Waals surface area contributed by atoms with Gasteiger partial charge in [0.05, 0.1) is 19.8 Å². The maximum Gasteiger partial charge on any atom is 0.413 e. The summed E-state index contributed by atoms with van der Waals surface area (Å²) in [7, 11) is 1.69. The van der Waals surface area contributed by atoms with E-state index in [1.807, 2.05) is 45.0 Å². The summed E-state index contributed by atoms with van der Waals surface area (Å²) in [4.78, 5) is 26.2. The van der Waals surface area contributed by atoms with Gasteiger partial charge in [0.15, 0.2) is 11.5 Å². The fourth-order valence-electron chi connectivity index (χ4n) is 3.21. The van der Waals surface area contributed by atoms with Gasteiger partial charge in [-0.05, 0) is 32.0 Å². The van der Waals surface area contributed by atoms with E-state index in [0.29, 0.717) is 37.8 Å². The van der Waals surface area contributed by atoms with Gasteiger partial charge in [-0.15, -0.1) is 0 Å². The number of ether oxygens (including phenoxy) is 5. The van der Waals surface area contributed by atoms with Crippen LogP contribution in [0.4, 0.5) is 4.79 Å². The maximum atomic E-state index is 12.5. The van der Waals surface area contributed by atoms with E-state index < -0.39 is 24.4 Å². The lowest BCUT2D eigenvalue weighted by molar-refractivity contribution is -0.170. The molecule has 2 rings (SSSR count). The number of para-hydroxylation sites is 2. The van der Waals surface area contributed by atoms with Crippen LogP contribution in [0, 0.1) is 5.92 Å². The van der Waals surface area contributed by atoms with Crippen LogP contribution in [0.2, 0.25) is 0 Å². The topological polar surface area (TPSA) is 95.6 Å². The number of nitrogens with zero attached hydrogens (tertiary/aromatic N) is 1. The number of nitrogens with one attached hydrogen (secondary N) is 1. The fraction of sp³-hybridized carbons (Fsp3) is 0.636. The highest BCUT2D eigenvalue weighted by Gasteiger charge is 2.29. The Hall–Kier alpha value is -2.52. The zero-order valence-corrected chi connectivity index (χ0v) is 19.0. The van der Waals surface area contributed by atoms with Crippen molar-refractivity contribution in [3.63, 3.8) is 0 Å². The summed E-state index contributed by atoms with van der Waals surface area (Å²) in [6, 6.07) is 6.94. The molecule has 31 heavy (non-hydrogen) atoms. The van der Waals surface area contributed by atoms with E-state index in [-0.39, 0.29) is 18.6 Å². The third kappa shape index (κ3) is 7.59. The van der Waals surface area contributed by atoms with Gasteiger partial charge in [-0.25, -0.2) is 4.79 Å². The van der Waals surface area contributed by atoms with Gasteiger partial charge in [0, 0.05) is 13.5 Å². The van der Waals surface area contributed by atoms with Crippen LogP contribution in [0.5, 0.6) is 11.5 Å². The second kappa shape index (κ2) is 12.4. The van der Waals surface area contributed by atoms with Crippen LogP contribution in [0.1, 0.15) is 27.7 Å². The molecule has 3 atom stereocenters. The Labute approximate surface area is 183 Å². The summed E-state index contributed by atoms with van der Waals surface area (Å²) < 4.78 is 27.7. The molecule has 1 saturated heterocycles. The van der Waals surface area contributed by atoms with Crippen LogP contribution >= 0.6 is 0 Å². The van der Waals surface area contributed by atoms with E-state index >= 15 is 0 Å². The molecule has 174 valence electrons. The lowest BCUT2D eigenvalue weighted by atomic mass is 10.1. The Morgan fingerprint density at radius 2 is 1.84 bits per heavy atom. The number of carbonyl (C=O) groups excluding carboxylic acids is 2. The smallest absolute Gasteiger partial charge is 0.413 e. The molecule has 9 heteroatoms. The van der Waals surface area contributed by atoms with Gasteiger partial charge in [-0.3, -0.25) is 4.79 Å². The lowest BCUT2D eigenvalue weighted by Gasteiger charge is -2.33. The van der Waals surface area contributed by atoms with E-state index in [1.54, 1.807) is 7.05 Å². The molecule has 0 aliphatic carbocycles. The Morgan fingerprint density at radius 1 is 1.16 bits per heavy atom. The van der Waals surface area contributed by atoms with Crippen molar-refractivity contribution in [2.75, 3.05) is 40.0 Å². The molecule has 9 nitrogen and oxygen atoms in total. The van der Waals surface area contributed by atoms with Crippen LogP contribution in [-0.4, -0.2) is 75.4 Å². The molecule has 1 unspecified atom stereocenters. The van der Waals surface area contributed by atoms with Gasteiger partial charge in [-0.2, -0.15) is 0 Å². The summed E-state index contributed by atoms with van der Waals surface area (Å²) in [6.45, 7) is 9.09. The van der Waals surface area contributed by atoms with E-state index in [9.17, 15) is 9.59 Å². The zero-order chi connectivity index (χ0) is 22.8. The molecule has 1 aromatic rings. The highest BCUT2D eigenvalue weighted by Crippen LogP contribution is 2.26. The highest BCUT2D eigenvalue weighted by atomic mass is 16.7. The number of carbonyl (C=O) groups is 2. The molecule has 1 aromatic carbocycles. The fourth-order valence-corrected chi connectivity index (χ4v) is 3.21. The van der Waals surface area contributed by atoms with Gasteiger partial charge in [-0.1, -0.05) is 26.0 Å². The molecular weight excluding hydrogens is 404 g/mol. The minimum Gasteiger partial charge on any atom is -0.490 e. The van der Waals surface area contributed by atoms with Gasteiger partial charge >= 0.3 is 12.1 Å². The molecule has 0 aromatic heterocycles. The van der Waals surface area contributed by atoms with Gasteiger partial charge in [0.1, 0.15) is 18.8 Å². The molecule has 1 fully saturated rings. The van der Waals surface area contributed by atoms with Gasteiger partial charge < -0.3 is 33.9 Å². The summed E-state index contributed by atoms with van der Waals surface area (Å²) >= 11 is 0. The van der Waals surface area contributed by atoms with Crippen molar-refractivity contribution in [3.8, 4) is 11.5 Å². The molecule has 0 radical (unpaired) electrons. The van der Waals surface area contributed by atoms with Crippen LogP contribution in [-0.2, 0) is 19.0 Å². The number of esters is 1. The van der Waals surface area contributed by atoms with Crippen molar-refractivity contribution < 1.29 is 33.3 Å². The second-order valence-corrected chi connectivity index (χ2v) is 7.53. The van der Waals surface area contributed by atoms with E-state index in [1.165, 1.54) is 11.8 Å². The Balaban J connectivity index is 1.83. The summed E-state index contributed by atoms with van der Waals surface area (Å²) in [5, 5.41) is 2.90. The summed E-state index contributed by atoms with van der Waals surface area (Å²) in [5.74, 6) is 0.874. The minimum atomic E-state index is -0.995. The molecular formula is C22H34N2O7. The average Bonchev–Trinajstić information content (AvgIpc) is 2.73. The second-order valence-electron chi connectivity index (χ2n) is 7.53. The largest absolute Gasteiger partial charge is 0.490 e. The first kappa shape index (κ1) is 24.7. The number of hydrogen-bond donors (Lipinski definition) is 1. The number of likely N-dealkylation sites (N-methyl/N-ethyl adjacent to an activating group) is 1. The van der Waals surface area contributed by atoms with E-state index in [4.69, 9.17) is 23.7 Å². The number of benzene rings is 1. The van der Waals surface area contributed by atoms with Crippen LogP contribution in [0.15, 0.2) is 24.3 Å². The molecule has 1 amide bonds. The molecule has 1 heterocycles.